The molecule has 0 fully saturated rings. The van der Waals surface area contributed by atoms with Crippen LogP contribution in [0.1, 0.15) is 6.42 Å². The van der Waals surface area contributed by atoms with Gasteiger partial charge < -0.3 is 16.5 Å². The molecule has 3 rings (SSSR count). The number of anilines is 1. The van der Waals surface area contributed by atoms with E-state index in [-0.39, 0.29) is 42.7 Å². The number of H-pyrrole nitrogens is 1. The lowest BCUT2D eigenvalue weighted by Gasteiger charge is -2.08. The number of halogens is 4. The third-order valence-electron chi connectivity index (χ3n) is 3.54. The van der Waals surface area contributed by atoms with E-state index in [9.17, 15) is 0 Å². The first-order valence-corrected chi connectivity index (χ1v) is 7.86. The van der Waals surface area contributed by atoms with Gasteiger partial charge in [0.1, 0.15) is 0 Å². The van der Waals surface area contributed by atoms with E-state index in [1.807, 2.05) is 36.4 Å². The van der Waals surface area contributed by atoms with Crippen LogP contribution in [0.4, 0.5) is 5.82 Å². The standard InChI is InChI=1S/C17H18ClN5.3ClH.H2O/c18-14-4-2-13(3-5-14)16-15(12-6-10-20-11-7-12)17(23-22-16)21-9-1-8-19;;;;/h2-7,10-11H,1,8-9,19H2,(H2,21,22,23);3*1H;1H2. The summed E-state index contributed by atoms with van der Waals surface area (Å²) < 4.78 is 0. The SMILES string of the molecule is Cl.Cl.Cl.NCCCNc1n[nH]c(-c2ccc(Cl)cc2)c1-c1ccncc1.O. The van der Waals surface area contributed by atoms with Gasteiger partial charge >= 0.3 is 0 Å². The van der Waals surface area contributed by atoms with Crippen molar-refractivity contribution in [3.63, 3.8) is 0 Å². The van der Waals surface area contributed by atoms with E-state index in [2.05, 4.69) is 20.5 Å². The van der Waals surface area contributed by atoms with Gasteiger partial charge in [0.25, 0.3) is 0 Å². The van der Waals surface area contributed by atoms with Crippen molar-refractivity contribution in [1.29, 1.82) is 0 Å². The van der Waals surface area contributed by atoms with Crippen LogP contribution in [0, 0.1) is 0 Å². The Morgan fingerprint density at radius 3 is 2.19 bits per heavy atom. The fourth-order valence-electron chi connectivity index (χ4n) is 2.40. The zero-order chi connectivity index (χ0) is 16.1. The average Bonchev–Trinajstić information content (AvgIpc) is 3.00. The first-order valence-electron chi connectivity index (χ1n) is 7.48. The number of aromatic amines is 1. The van der Waals surface area contributed by atoms with Crippen molar-refractivity contribution in [2.24, 2.45) is 5.73 Å². The van der Waals surface area contributed by atoms with E-state index >= 15 is 0 Å². The molecule has 0 aliphatic carbocycles. The normalized spacial score (nSPS) is 9.11. The number of nitrogens with one attached hydrogen (secondary N) is 2. The lowest BCUT2D eigenvalue weighted by molar-refractivity contribution is 0.824. The Hall–Kier alpha value is -1.54. The Morgan fingerprint density at radius 2 is 1.59 bits per heavy atom. The molecular formula is C17H23Cl4N5O. The molecular weight excluding hydrogens is 432 g/mol. The molecule has 6 nitrogen and oxygen atoms in total. The van der Waals surface area contributed by atoms with Crippen molar-refractivity contribution in [2.75, 3.05) is 18.4 Å². The predicted octanol–water partition coefficient (Wildman–Crippen LogP) is 3.99. The summed E-state index contributed by atoms with van der Waals surface area (Å²) in [7, 11) is 0. The Morgan fingerprint density at radius 1 is 0.963 bits per heavy atom. The summed E-state index contributed by atoms with van der Waals surface area (Å²) in [5.41, 5.74) is 9.61. The molecule has 1 aromatic carbocycles. The molecule has 0 atom stereocenters. The van der Waals surface area contributed by atoms with Crippen LogP contribution in [-0.4, -0.2) is 33.7 Å². The van der Waals surface area contributed by atoms with Gasteiger partial charge in [0.2, 0.25) is 0 Å². The maximum atomic E-state index is 5.99. The van der Waals surface area contributed by atoms with Crippen LogP contribution in [0.15, 0.2) is 48.8 Å². The molecule has 3 aromatic rings. The molecule has 2 heterocycles. The zero-order valence-corrected chi connectivity index (χ0v) is 17.5. The quantitative estimate of drug-likeness (QED) is 0.488. The number of nitrogens with zero attached hydrogens (tertiary/aromatic N) is 2. The van der Waals surface area contributed by atoms with Gasteiger partial charge in [-0.1, -0.05) is 23.7 Å². The van der Waals surface area contributed by atoms with E-state index in [0.717, 1.165) is 41.2 Å². The molecule has 0 amide bonds. The Kier molecular flexibility index (Phi) is 13.9. The van der Waals surface area contributed by atoms with E-state index in [1.54, 1.807) is 12.4 Å². The molecule has 10 heteroatoms. The Bertz CT molecular complexity index is 769. The van der Waals surface area contributed by atoms with Crippen molar-refractivity contribution in [3.05, 3.63) is 53.8 Å². The summed E-state index contributed by atoms with van der Waals surface area (Å²) in [4.78, 5) is 4.09. The number of nitrogens with two attached hydrogens (primary N) is 1. The molecule has 150 valence electrons. The first kappa shape index (κ1) is 27.7. The van der Waals surface area contributed by atoms with Crippen LogP contribution in [0.25, 0.3) is 22.4 Å². The van der Waals surface area contributed by atoms with Crippen molar-refractivity contribution in [1.82, 2.24) is 15.2 Å². The van der Waals surface area contributed by atoms with Crippen molar-refractivity contribution in [3.8, 4) is 22.4 Å². The van der Waals surface area contributed by atoms with Gasteiger partial charge in [-0.3, -0.25) is 10.1 Å². The van der Waals surface area contributed by atoms with Crippen molar-refractivity contribution < 1.29 is 5.48 Å². The van der Waals surface area contributed by atoms with Crippen LogP contribution in [0.3, 0.4) is 0 Å². The highest BCUT2D eigenvalue weighted by atomic mass is 35.5. The number of rotatable bonds is 6. The second-order valence-corrected chi connectivity index (χ2v) is 5.57. The lowest BCUT2D eigenvalue weighted by Crippen LogP contribution is -2.09. The second-order valence-electron chi connectivity index (χ2n) is 5.13. The highest BCUT2D eigenvalue weighted by Crippen LogP contribution is 2.36. The van der Waals surface area contributed by atoms with Gasteiger partial charge in [0.15, 0.2) is 5.82 Å². The smallest absolute Gasteiger partial charge is 0.156 e. The predicted molar refractivity (Wildman–Crippen MR) is 120 cm³/mol. The highest BCUT2D eigenvalue weighted by Gasteiger charge is 2.16. The molecule has 0 aliphatic heterocycles. The topological polar surface area (TPSA) is 111 Å². The zero-order valence-electron chi connectivity index (χ0n) is 14.3. The summed E-state index contributed by atoms with van der Waals surface area (Å²) in [6.07, 6.45) is 4.44. The van der Waals surface area contributed by atoms with Crippen molar-refractivity contribution >= 4 is 54.6 Å². The fraction of sp³-hybridized carbons (Fsp3) is 0.176. The van der Waals surface area contributed by atoms with Gasteiger partial charge in [0.05, 0.1) is 11.3 Å². The minimum absolute atomic E-state index is 0. The van der Waals surface area contributed by atoms with Gasteiger partial charge in [-0.15, -0.1) is 37.2 Å². The summed E-state index contributed by atoms with van der Waals surface area (Å²) >= 11 is 5.99. The lowest BCUT2D eigenvalue weighted by atomic mass is 10.0. The number of hydrogen-bond acceptors (Lipinski definition) is 4. The molecule has 0 unspecified atom stereocenters. The van der Waals surface area contributed by atoms with E-state index < -0.39 is 0 Å². The molecule has 6 N–H and O–H groups in total. The van der Waals surface area contributed by atoms with Crippen molar-refractivity contribution in [2.45, 2.75) is 6.42 Å². The van der Waals surface area contributed by atoms with Crippen LogP contribution in [-0.2, 0) is 0 Å². The first-order chi connectivity index (χ1) is 11.3. The maximum Gasteiger partial charge on any atom is 0.156 e. The molecule has 27 heavy (non-hydrogen) atoms. The van der Waals surface area contributed by atoms with Gasteiger partial charge in [-0.05, 0) is 42.8 Å². The molecule has 2 aromatic heterocycles. The Labute approximate surface area is 181 Å². The monoisotopic (exact) mass is 453 g/mol. The highest BCUT2D eigenvalue weighted by molar-refractivity contribution is 6.30. The van der Waals surface area contributed by atoms with Gasteiger partial charge in [-0.25, -0.2) is 0 Å². The number of benzene rings is 1. The number of pyridine rings is 1. The fourth-order valence-corrected chi connectivity index (χ4v) is 2.53. The van der Waals surface area contributed by atoms with E-state index in [1.165, 1.54) is 0 Å². The van der Waals surface area contributed by atoms with Crippen LogP contribution < -0.4 is 11.1 Å². The average molecular weight is 455 g/mol. The third-order valence-corrected chi connectivity index (χ3v) is 3.79. The molecule has 0 aliphatic rings. The van der Waals surface area contributed by atoms with E-state index in [4.69, 9.17) is 17.3 Å². The van der Waals surface area contributed by atoms with Gasteiger partial charge in [-0.2, -0.15) is 5.10 Å². The minimum Gasteiger partial charge on any atom is -0.412 e. The summed E-state index contributed by atoms with van der Waals surface area (Å²) in [6, 6.07) is 11.6. The summed E-state index contributed by atoms with van der Waals surface area (Å²) in [6.45, 7) is 1.42. The molecule has 0 bridgehead atoms. The molecule has 0 saturated heterocycles. The van der Waals surface area contributed by atoms with Crippen LogP contribution >= 0.6 is 48.8 Å². The Balaban J connectivity index is 0. The summed E-state index contributed by atoms with van der Waals surface area (Å²) in [5, 5.41) is 11.6. The summed E-state index contributed by atoms with van der Waals surface area (Å²) in [5.74, 6) is 0.814. The van der Waals surface area contributed by atoms with Crippen LogP contribution in [0.5, 0.6) is 0 Å². The largest absolute Gasteiger partial charge is 0.412 e. The second kappa shape index (κ2) is 13.6. The molecule has 0 saturated carbocycles. The minimum atomic E-state index is 0. The maximum absolute atomic E-state index is 5.99. The molecule has 0 radical (unpaired) electrons. The molecule has 0 spiro atoms. The van der Waals surface area contributed by atoms with E-state index in [0.29, 0.717) is 11.6 Å². The van der Waals surface area contributed by atoms with Gasteiger partial charge in [0, 0.05) is 29.5 Å². The van der Waals surface area contributed by atoms with Crippen LogP contribution in [0.2, 0.25) is 5.02 Å². The third kappa shape index (κ3) is 6.84. The number of hydrogen-bond donors (Lipinski definition) is 3. The number of aromatic nitrogens is 3.